The molecule has 2 rings (SSSR count). The van der Waals surface area contributed by atoms with Crippen molar-refractivity contribution >= 4 is 49.4 Å². The van der Waals surface area contributed by atoms with Crippen molar-refractivity contribution in [1.29, 1.82) is 0 Å². The number of nitrogens with one attached hydrogen (secondary N) is 1. The number of hydrogen-bond donors (Lipinski definition) is 2. The van der Waals surface area contributed by atoms with E-state index in [1.165, 1.54) is 0 Å². The quantitative estimate of drug-likeness (QED) is 0.541. The molecule has 27 heavy (non-hydrogen) atoms. The summed E-state index contributed by atoms with van der Waals surface area (Å²) in [7, 11) is 0. The third-order valence-electron chi connectivity index (χ3n) is 3.73. The lowest BCUT2D eigenvalue weighted by Crippen LogP contribution is -2.18. The smallest absolute Gasteiger partial charge is 0.307 e. The zero-order valence-corrected chi connectivity index (χ0v) is 18.5. The molecule has 7 heteroatoms. The third kappa shape index (κ3) is 6.36. The number of amides is 1. The van der Waals surface area contributed by atoms with Crippen LogP contribution in [0.1, 0.15) is 30.5 Å². The van der Waals surface area contributed by atoms with Crippen LogP contribution in [0.4, 0.5) is 5.69 Å². The van der Waals surface area contributed by atoms with Crippen LogP contribution in [0, 0.1) is 12.8 Å². The Kier molecular flexibility index (Phi) is 7.44. The number of aliphatic carboxylic acids is 1. The van der Waals surface area contributed by atoms with E-state index >= 15 is 0 Å². The van der Waals surface area contributed by atoms with Crippen LogP contribution < -0.4 is 10.1 Å². The minimum Gasteiger partial charge on any atom is -0.487 e. The number of rotatable bonds is 7. The van der Waals surface area contributed by atoms with Crippen LogP contribution in [0.15, 0.2) is 39.3 Å². The van der Waals surface area contributed by atoms with E-state index in [-0.39, 0.29) is 18.2 Å². The first-order chi connectivity index (χ1) is 12.7. The third-order valence-corrected chi connectivity index (χ3v) is 4.90. The van der Waals surface area contributed by atoms with Crippen LogP contribution in [0.3, 0.4) is 0 Å². The van der Waals surface area contributed by atoms with Gasteiger partial charge in [-0.15, -0.1) is 0 Å². The number of halogens is 2. The Hall–Kier alpha value is -1.86. The second-order valence-electron chi connectivity index (χ2n) is 6.60. The first-order valence-corrected chi connectivity index (χ1v) is 9.98. The highest BCUT2D eigenvalue weighted by molar-refractivity contribution is 9.11. The predicted octanol–water partition coefficient (Wildman–Crippen LogP) is 5.32. The molecule has 0 radical (unpaired) electrons. The van der Waals surface area contributed by atoms with E-state index in [9.17, 15) is 9.59 Å². The molecule has 144 valence electrons. The summed E-state index contributed by atoms with van der Waals surface area (Å²) >= 11 is 6.87. The number of carboxylic acids is 1. The molecule has 0 heterocycles. The van der Waals surface area contributed by atoms with Gasteiger partial charge in [-0.05, 0) is 79.7 Å². The second-order valence-corrected chi connectivity index (χ2v) is 8.31. The van der Waals surface area contributed by atoms with Gasteiger partial charge in [-0.1, -0.05) is 19.9 Å². The van der Waals surface area contributed by atoms with Crippen LogP contribution in [0.25, 0.3) is 0 Å². The molecule has 5 nitrogen and oxygen atoms in total. The predicted molar refractivity (Wildman–Crippen MR) is 112 cm³/mol. The van der Waals surface area contributed by atoms with Gasteiger partial charge in [0.05, 0.1) is 15.4 Å². The standard InChI is InChI=1S/C20H21Br2NO4/c1-11(2)20(26)23-15-5-12(3)4-14(6-15)10-27-19-16(21)7-13(8-17(19)22)9-18(24)25/h4-8,11H,9-10H2,1-3H3,(H,23,26)(H,24,25). The van der Waals surface area contributed by atoms with Gasteiger partial charge in [-0.3, -0.25) is 9.59 Å². The van der Waals surface area contributed by atoms with Gasteiger partial charge in [0, 0.05) is 11.6 Å². The van der Waals surface area contributed by atoms with Crippen LogP contribution >= 0.6 is 31.9 Å². The van der Waals surface area contributed by atoms with Crippen molar-refractivity contribution in [3.63, 3.8) is 0 Å². The van der Waals surface area contributed by atoms with Gasteiger partial charge in [-0.2, -0.15) is 0 Å². The highest BCUT2D eigenvalue weighted by Crippen LogP contribution is 2.35. The molecule has 2 aromatic rings. The van der Waals surface area contributed by atoms with Crippen molar-refractivity contribution < 1.29 is 19.4 Å². The molecule has 0 aromatic heterocycles. The van der Waals surface area contributed by atoms with E-state index in [0.717, 1.165) is 16.8 Å². The topological polar surface area (TPSA) is 75.6 Å². The molecule has 0 spiro atoms. The molecule has 0 unspecified atom stereocenters. The molecule has 0 bridgehead atoms. The SMILES string of the molecule is Cc1cc(COc2c(Br)cc(CC(=O)O)cc2Br)cc(NC(=O)C(C)C)c1. The Labute approximate surface area is 175 Å². The number of hydrogen-bond acceptors (Lipinski definition) is 3. The summed E-state index contributed by atoms with van der Waals surface area (Å²) in [6.07, 6.45) is -0.0612. The minimum atomic E-state index is -0.891. The van der Waals surface area contributed by atoms with E-state index in [1.54, 1.807) is 12.1 Å². The summed E-state index contributed by atoms with van der Waals surface area (Å²) < 4.78 is 7.27. The zero-order valence-electron chi connectivity index (χ0n) is 15.3. The van der Waals surface area contributed by atoms with Crippen LogP contribution in [0.2, 0.25) is 0 Å². The molecule has 1 amide bonds. The Morgan fingerprint density at radius 1 is 1.07 bits per heavy atom. The number of aryl methyl sites for hydroxylation is 1. The maximum absolute atomic E-state index is 11.9. The summed E-state index contributed by atoms with van der Waals surface area (Å²) in [6, 6.07) is 9.26. The van der Waals surface area contributed by atoms with Crippen molar-refractivity contribution in [3.8, 4) is 5.75 Å². The van der Waals surface area contributed by atoms with Gasteiger partial charge in [-0.25, -0.2) is 0 Å². The van der Waals surface area contributed by atoms with Gasteiger partial charge in [0.25, 0.3) is 0 Å². The van der Waals surface area contributed by atoms with E-state index in [0.29, 0.717) is 26.9 Å². The molecule has 0 saturated heterocycles. The number of anilines is 1. The second kappa shape index (κ2) is 9.37. The highest BCUT2D eigenvalue weighted by atomic mass is 79.9. The molecule has 0 saturated carbocycles. The number of ether oxygens (including phenoxy) is 1. The van der Waals surface area contributed by atoms with Crippen molar-refractivity contribution in [2.24, 2.45) is 5.92 Å². The fourth-order valence-corrected chi connectivity index (χ4v) is 4.00. The largest absolute Gasteiger partial charge is 0.487 e. The van der Waals surface area contributed by atoms with Crippen molar-refractivity contribution in [2.75, 3.05) is 5.32 Å². The van der Waals surface area contributed by atoms with E-state index < -0.39 is 5.97 Å². The van der Waals surface area contributed by atoms with Crippen molar-refractivity contribution in [1.82, 2.24) is 0 Å². The minimum absolute atomic E-state index is 0.0352. The summed E-state index contributed by atoms with van der Waals surface area (Å²) in [4.78, 5) is 22.8. The lowest BCUT2D eigenvalue weighted by molar-refractivity contribution is -0.136. The van der Waals surface area contributed by atoms with Crippen LogP contribution in [-0.2, 0) is 22.6 Å². The molecule has 0 aliphatic heterocycles. The molecular weight excluding hydrogens is 478 g/mol. The molecule has 2 aromatic carbocycles. The first kappa shape index (κ1) is 21.4. The average Bonchev–Trinajstić information content (AvgIpc) is 2.52. The molecule has 0 atom stereocenters. The summed E-state index contributed by atoms with van der Waals surface area (Å²) in [5.74, 6) is -0.426. The monoisotopic (exact) mass is 497 g/mol. The van der Waals surface area contributed by atoms with Crippen molar-refractivity contribution in [2.45, 2.75) is 33.8 Å². The van der Waals surface area contributed by atoms with E-state index in [1.807, 2.05) is 39.0 Å². The fourth-order valence-electron chi connectivity index (χ4n) is 2.49. The van der Waals surface area contributed by atoms with Gasteiger partial charge in [0.2, 0.25) is 5.91 Å². The van der Waals surface area contributed by atoms with E-state index in [2.05, 4.69) is 37.2 Å². The van der Waals surface area contributed by atoms with Gasteiger partial charge in [0.15, 0.2) is 0 Å². The Morgan fingerprint density at radius 3 is 2.26 bits per heavy atom. The van der Waals surface area contributed by atoms with Crippen molar-refractivity contribution in [3.05, 3.63) is 56.0 Å². The molecular formula is C20H21Br2NO4. The lowest BCUT2D eigenvalue weighted by atomic mass is 10.1. The van der Waals surface area contributed by atoms with E-state index in [4.69, 9.17) is 9.84 Å². The molecule has 0 aliphatic rings. The maximum atomic E-state index is 11.9. The first-order valence-electron chi connectivity index (χ1n) is 8.39. The Morgan fingerprint density at radius 2 is 1.70 bits per heavy atom. The summed E-state index contributed by atoms with van der Waals surface area (Å²) in [5.41, 5.74) is 3.35. The fraction of sp³-hybridized carbons (Fsp3) is 0.300. The lowest BCUT2D eigenvalue weighted by Gasteiger charge is -2.14. The molecule has 2 N–H and O–H groups in total. The van der Waals surface area contributed by atoms with Crippen LogP contribution in [-0.4, -0.2) is 17.0 Å². The molecule has 0 fully saturated rings. The summed E-state index contributed by atoms with van der Waals surface area (Å²) in [6.45, 7) is 5.96. The number of benzene rings is 2. The number of carbonyl (C=O) groups excluding carboxylic acids is 1. The Bertz CT molecular complexity index is 842. The van der Waals surface area contributed by atoms with Gasteiger partial charge >= 0.3 is 5.97 Å². The average molecular weight is 499 g/mol. The zero-order chi connectivity index (χ0) is 20.1. The normalized spacial score (nSPS) is 10.7. The number of carboxylic acid groups (broad SMARTS) is 1. The van der Waals surface area contributed by atoms with Crippen LogP contribution in [0.5, 0.6) is 5.75 Å². The van der Waals surface area contributed by atoms with Gasteiger partial charge < -0.3 is 15.2 Å². The number of carbonyl (C=O) groups is 2. The Balaban J connectivity index is 2.15. The summed E-state index contributed by atoms with van der Waals surface area (Å²) in [5, 5.41) is 11.8. The molecule has 0 aliphatic carbocycles. The highest BCUT2D eigenvalue weighted by Gasteiger charge is 2.12. The maximum Gasteiger partial charge on any atom is 0.307 e. The van der Waals surface area contributed by atoms with Gasteiger partial charge in [0.1, 0.15) is 12.4 Å².